The first-order valence-corrected chi connectivity index (χ1v) is 14.1. The maximum atomic E-state index is 7.38. The molecular formula is C35H38NO+. The van der Waals surface area contributed by atoms with Crippen LogP contribution in [-0.2, 0) is 23.5 Å². The van der Waals surface area contributed by atoms with Crippen molar-refractivity contribution in [3.63, 3.8) is 0 Å². The van der Waals surface area contributed by atoms with E-state index in [0.29, 0.717) is 12.5 Å². The average Bonchev–Trinajstić information content (AvgIpc) is 3.48. The first-order chi connectivity index (χ1) is 18.1. The van der Waals surface area contributed by atoms with Gasteiger partial charge >= 0.3 is 0 Å². The molecule has 2 saturated heterocycles. The van der Waals surface area contributed by atoms with Crippen molar-refractivity contribution in [2.24, 2.45) is 17.8 Å². The van der Waals surface area contributed by atoms with Gasteiger partial charge in [-0.3, -0.25) is 0 Å². The van der Waals surface area contributed by atoms with E-state index in [9.17, 15) is 0 Å². The number of ether oxygens (including phenoxy) is 1. The molecule has 0 radical (unpaired) electrons. The Morgan fingerprint density at radius 1 is 0.784 bits per heavy atom. The van der Waals surface area contributed by atoms with Crippen LogP contribution < -0.4 is 0 Å². The smallest absolute Gasteiger partial charge is 0.151 e. The van der Waals surface area contributed by atoms with Gasteiger partial charge < -0.3 is 9.22 Å². The Labute approximate surface area is 221 Å². The first kappa shape index (κ1) is 23.2. The molecule has 3 fully saturated rings. The summed E-state index contributed by atoms with van der Waals surface area (Å²) in [5.74, 6) is 1.99. The van der Waals surface area contributed by atoms with Gasteiger partial charge in [0.1, 0.15) is 18.6 Å². The Balaban J connectivity index is 1.42. The van der Waals surface area contributed by atoms with Crippen LogP contribution in [0.1, 0.15) is 43.4 Å². The summed E-state index contributed by atoms with van der Waals surface area (Å²) < 4.78 is 8.53. The highest BCUT2D eigenvalue weighted by molar-refractivity contribution is 5.86. The monoisotopic (exact) mass is 488 g/mol. The molecule has 0 bridgehead atoms. The molecule has 0 unspecified atom stereocenters. The average molecular weight is 489 g/mol. The highest BCUT2D eigenvalue weighted by atomic mass is 16.5. The molecule has 1 aliphatic carbocycles. The predicted molar refractivity (Wildman–Crippen MR) is 151 cm³/mol. The van der Waals surface area contributed by atoms with Crippen LogP contribution >= 0.6 is 0 Å². The molecule has 0 aromatic heterocycles. The van der Waals surface area contributed by atoms with Crippen LogP contribution in [0, 0.1) is 17.8 Å². The molecule has 6 atom stereocenters. The molecule has 188 valence electrons. The molecule has 37 heavy (non-hydrogen) atoms. The summed E-state index contributed by atoms with van der Waals surface area (Å²) in [5.41, 5.74) is 4.02. The third kappa shape index (κ3) is 3.32. The number of fused-ring (bicyclic) bond motifs is 1. The fourth-order valence-corrected chi connectivity index (χ4v) is 9.21. The second kappa shape index (κ2) is 8.55. The zero-order valence-corrected chi connectivity index (χ0v) is 22.1. The van der Waals surface area contributed by atoms with Crippen molar-refractivity contribution in [1.29, 1.82) is 0 Å². The van der Waals surface area contributed by atoms with Gasteiger partial charge in [-0.2, -0.15) is 0 Å². The number of benzene rings is 4. The second-order valence-corrected chi connectivity index (χ2v) is 12.3. The van der Waals surface area contributed by atoms with Gasteiger partial charge in [-0.05, 0) is 41.7 Å². The number of hydrogen-bond donors (Lipinski definition) is 0. The summed E-state index contributed by atoms with van der Waals surface area (Å²) in [4.78, 5) is 0. The van der Waals surface area contributed by atoms with E-state index in [1.165, 1.54) is 46.8 Å². The van der Waals surface area contributed by atoms with E-state index in [2.05, 4.69) is 117 Å². The van der Waals surface area contributed by atoms with Crippen LogP contribution in [-0.4, -0.2) is 23.1 Å². The molecule has 2 nitrogen and oxygen atoms in total. The molecular weight excluding hydrogens is 450 g/mol. The summed E-state index contributed by atoms with van der Waals surface area (Å²) in [6.07, 6.45) is 2.57. The molecule has 4 aromatic rings. The topological polar surface area (TPSA) is 9.23 Å². The third-order valence-electron chi connectivity index (χ3n) is 10.6. The van der Waals surface area contributed by atoms with Gasteiger partial charge in [0.2, 0.25) is 0 Å². The van der Waals surface area contributed by atoms with Gasteiger partial charge in [0.05, 0.1) is 19.1 Å². The van der Waals surface area contributed by atoms with Crippen LogP contribution in [0.15, 0.2) is 103 Å². The van der Waals surface area contributed by atoms with Crippen molar-refractivity contribution >= 4 is 10.8 Å². The minimum Gasteiger partial charge on any atom is -0.359 e. The summed E-state index contributed by atoms with van der Waals surface area (Å²) >= 11 is 0. The van der Waals surface area contributed by atoms with Gasteiger partial charge in [0, 0.05) is 17.4 Å². The summed E-state index contributed by atoms with van der Waals surface area (Å²) in [5, 5.41) is 2.68. The molecule has 0 N–H and O–H groups in total. The largest absolute Gasteiger partial charge is 0.359 e. The van der Waals surface area contributed by atoms with Crippen LogP contribution in [0.4, 0.5) is 0 Å². The first-order valence-electron chi connectivity index (χ1n) is 14.1. The normalized spacial score (nSPS) is 34.2. The SMILES string of the molecule is C[C@@H]1C[N@@+]2(Cc3ccccc3)C[C@](OCc3ccccc3)(c3cccc4ccccc34)[C@H]3CC[C@@H]1[C@]32C. The second-order valence-electron chi connectivity index (χ2n) is 12.3. The lowest BCUT2D eigenvalue weighted by atomic mass is 9.72. The summed E-state index contributed by atoms with van der Waals surface area (Å²) in [6, 6.07) is 37.9. The molecule has 2 aliphatic heterocycles. The highest BCUT2D eigenvalue weighted by Crippen LogP contribution is 2.68. The van der Waals surface area contributed by atoms with Crippen LogP contribution in [0.25, 0.3) is 10.8 Å². The van der Waals surface area contributed by atoms with Crippen molar-refractivity contribution < 1.29 is 9.22 Å². The minimum atomic E-state index is -0.310. The standard InChI is InChI=1S/C35H38NO/c1-26-22-36(23-27-12-5-3-6-13-27)25-35(33-21-20-31(26)34(33,36)2,37-24-28-14-7-4-8-15-28)32-19-11-17-29-16-9-10-18-30(29)32/h3-19,26,31,33H,20-25H2,1-2H3/q+1/t26-,31+,33+,34-,35+,36-/m1/s1. The Morgan fingerprint density at radius 2 is 1.46 bits per heavy atom. The number of rotatable bonds is 6. The Bertz CT molecular complexity index is 1410. The molecule has 0 amide bonds. The van der Waals surface area contributed by atoms with E-state index in [-0.39, 0.29) is 11.1 Å². The Morgan fingerprint density at radius 3 is 2.24 bits per heavy atom. The molecule has 2 heteroatoms. The van der Waals surface area contributed by atoms with Crippen LogP contribution in [0.3, 0.4) is 0 Å². The van der Waals surface area contributed by atoms with E-state index >= 15 is 0 Å². The lowest BCUT2D eigenvalue weighted by molar-refractivity contribution is -0.968. The van der Waals surface area contributed by atoms with Gasteiger partial charge in [0.25, 0.3) is 0 Å². The quantitative estimate of drug-likeness (QED) is 0.253. The highest BCUT2D eigenvalue weighted by Gasteiger charge is 2.78. The number of quaternary nitrogens is 1. The van der Waals surface area contributed by atoms with E-state index < -0.39 is 0 Å². The van der Waals surface area contributed by atoms with Crippen LogP contribution in [0.5, 0.6) is 0 Å². The fraction of sp³-hybridized carbons (Fsp3) is 0.371. The number of nitrogens with zero attached hydrogens (tertiary/aromatic N) is 1. The van der Waals surface area contributed by atoms with Gasteiger partial charge in [-0.15, -0.1) is 0 Å². The molecule has 2 heterocycles. The van der Waals surface area contributed by atoms with Gasteiger partial charge in [-0.25, -0.2) is 0 Å². The lowest BCUT2D eigenvalue weighted by Gasteiger charge is -2.43. The molecule has 4 aromatic carbocycles. The van der Waals surface area contributed by atoms with Crippen molar-refractivity contribution in [2.75, 3.05) is 13.1 Å². The zero-order valence-electron chi connectivity index (χ0n) is 22.1. The summed E-state index contributed by atoms with van der Waals surface area (Å²) in [7, 11) is 0. The van der Waals surface area contributed by atoms with Crippen molar-refractivity contribution in [1.82, 2.24) is 0 Å². The third-order valence-corrected chi connectivity index (χ3v) is 10.6. The van der Waals surface area contributed by atoms with Crippen LogP contribution in [0.2, 0.25) is 0 Å². The predicted octanol–water partition coefficient (Wildman–Crippen LogP) is 7.72. The van der Waals surface area contributed by atoms with Gasteiger partial charge in [0.15, 0.2) is 5.60 Å². The number of hydrogen-bond acceptors (Lipinski definition) is 1. The van der Waals surface area contributed by atoms with Gasteiger partial charge in [-0.1, -0.05) is 110 Å². The molecule has 3 aliphatic rings. The van der Waals surface area contributed by atoms with E-state index in [0.717, 1.165) is 29.4 Å². The Hall–Kier alpha value is -2.94. The van der Waals surface area contributed by atoms with E-state index in [4.69, 9.17) is 4.74 Å². The summed E-state index contributed by atoms with van der Waals surface area (Å²) in [6.45, 7) is 9.20. The van der Waals surface area contributed by atoms with Crippen molar-refractivity contribution in [3.8, 4) is 0 Å². The van der Waals surface area contributed by atoms with Crippen molar-refractivity contribution in [3.05, 3.63) is 120 Å². The Kier molecular flexibility index (Phi) is 5.36. The lowest BCUT2D eigenvalue weighted by Crippen LogP contribution is -2.57. The molecule has 1 saturated carbocycles. The molecule has 0 spiro atoms. The maximum absolute atomic E-state index is 7.38. The minimum absolute atomic E-state index is 0.211. The zero-order chi connectivity index (χ0) is 25.1. The van der Waals surface area contributed by atoms with Crippen molar-refractivity contribution in [2.45, 2.75) is 51.0 Å². The van der Waals surface area contributed by atoms with E-state index in [1.54, 1.807) is 0 Å². The van der Waals surface area contributed by atoms with E-state index in [1.807, 2.05) is 0 Å². The molecule has 7 rings (SSSR count). The maximum Gasteiger partial charge on any atom is 0.151 e. The fourth-order valence-electron chi connectivity index (χ4n) is 9.21.